The van der Waals surface area contributed by atoms with Gasteiger partial charge in [0.15, 0.2) is 0 Å². The van der Waals surface area contributed by atoms with Crippen LogP contribution in [0.1, 0.15) is 28.3 Å². The van der Waals surface area contributed by atoms with E-state index in [1.54, 1.807) is 12.1 Å². The molecule has 5 heteroatoms. The van der Waals surface area contributed by atoms with Crippen LogP contribution in [0, 0.1) is 0 Å². The molecule has 0 aliphatic carbocycles. The number of halogens is 3. The summed E-state index contributed by atoms with van der Waals surface area (Å²) in [5.41, 5.74) is 3.13. The maximum atomic E-state index is 12.9. The van der Waals surface area contributed by atoms with Gasteiger partial charge in [0.05, 0.1) is 18.8 Å². The van der Waals surface area contributed by atoms with Crippen molar-refractivity contribution in [1.82, 2.24) is 0 Å². The van der Waals surface area contributed by atoms with Crippen molar-refractivity contribution >= 4 is 8.07 Å². The van der Waals surface area contributed by atoms with E-state index in [0.717, 1.165) is 29.2 Å². The van der Waals surface area contributed by atoms with Crippen LogP contribution in [0.4, 0.5) is 13.2 Å². The van der Waals surface area contributed by atoms with Crippen molar-refractivity contribution < 1.29 is 17.7 Å². The van der Waals surface area contributed by atoms with E-state index in [2.05, 4.69) is 51.0 Å². The third-order valence-corrected chi connectivity index (χ3v) is 6.95. The van der Waals surface area contributed by atoms with Gasteiger partial charge in [0.2, 0.25) is 0 Å². The van der Waals surface area contributed by atoms with Crippen LogP contribution >= 0.6 is 0 Å². The van der Waals surface area contributed by atoms with Gasteiger partial charge in [-0.15, -0.1) is 0 Å². The number of alkyl halides is 3. The maximum Gasteiger partial charge on any atom is 0.416 e. The number of likely N-dealkylation sites (N-methyl/N-ethyl adjacent to an activating group) is 1. The lowest BCUT2D eigenvalue weighted by Gasteiger charge is -2.48. The Bertz CT molecular complexity index is 777. The van der Waals surface area contributed by atoms with Crippen LogP contribution in [0.5, 0.6) is 0 Å². The summed E-state index contributed by atoms with van der Waals surface area (Å²) in [6, 6.07) is 14.5. The van der Waals surface area contributed by atoms with E-state index in [-0.39, 0.29) is 6.04 Å². The number of benzene rings is 2. The van der Waals surface area contributed by atoms with Crippen LogP contribution in [0.25, 0.3) is 0 Å². The summed E-state index contributed by atoms with van der Waals surface area (Å²) < 4.78 is 39.7. The summed E-state index contributed by atoms with van der Waals surface area (Å²) in [5.74, 6) is 0. The van der Waals surface area contributed by atoms with Crippen molar-refractivity contribution in [2.24, 2.45) is 0 Å². The van der Waals surface area contributed by atoms with E-state index in [1.165, 1.54) is 23.3 Å². The molecule has 2 aromatic rings. The van der Waals surface area contributed by atoms with Crippen LogP contribution in [0.2, 0.25) is 19.6 Å². The normalized spacial score (nSPS) is 23.6. The molecule has 0 unspecified atom stereocenters. The van der Waals surface area contributed by atoms with E-state index >= 15 is 0 Å². The van der Waals surface area contributed by atoms with E-state index in [4.69, 9.17) is 0 Å². The quantitative estimate of drug-likeness (QED) is 0.466. The third kappa shape index (κ3) is 4.04. The van der Waals surface area contributed by atoms with Gasteiger partial charge in [-0.25, -0.2) is 0 Å². The van der Waals surface area contributed by atoms with Gasteiger partial charge in [-0.3, -0.25) is 0 Å². The number of nitrogens with zero attached hydrogens (tertiary/aromatic N) is 1. The van der Waals surface area contributed by atoms with Crippen molar-refractivity contribution in [1.29, 1.82) is 0 Å². The molecule has 1 aliphatic heterocycles. The summed E-state index contributed by atoms with van der Waals surface area (Å²) >= 11 is 0. The average Bonchev–Trinajstić information content (AvgIpc) is 2.51. The molecule has 1 aliphatic rings. The monoisotopic (exact) mass is 378 g/mol. The first kappa shape index (κ1) is 19.2. The van der Waals surface area contributed by atoms with Crippen LogP contribution in [0.3, 0.4) is 0 Å². The molecule has 0 amide bonds. The molecule has 0 radical (unpaired) electrons. The number of rotatable bonds is 3. The number of fused-ring (bicyclic) bond motifs is 1. The van der Waals surface area contributed by atoms with Gasteiger partial charge >= 0.3 is 6.18 Å². The number of hydrogen-bond donors (Lipinski definition) is 0. The lowest BCUT2D eigenvalue weighted by molar-refractivity contribution is -0.945. The van der Waals surface area contributed by atoms with Crippen molar-refractivity contribution in [3.63, 3.8) is 0 Å². The standard InChI is InChI=1S/C21H27F3NSi/c1-25(15-26(2,3)4)14-18-8-6-5-7-17(18)13-20(25)16-9-11-19(12-10-16)21(22,23)24/h5-12,20H,13-15H2,1-4H3/q+1/t20-,25+/m0/s1. The molecule has 0 fully saturated rings. The second kappa shape index (κ2) is 6.53. The topological polar surface area (TPSA) is 0 Å². The molecule has 3 rings (SSSR count). The second-order valence-electron chi connectivity index (χ2n) is 8.96. The molecule has 2 aromatic carbocycles. The number of hydrogen-bond acceptors (Lipinski definition) is 0. The van der Waals surface area contributed by atoms with E-state index in [9.17, 15) is 13.2 Å². The minimum Gasteiger partial charge on any atom is -0.319 e. The van der Waals surface area contributed by atoms with Crippen LogP contribution in [-0.4, -0.2) is 25.8 Å². The Morgan fingerprint density at radius 3 is 2.08 bits per heavy atom. The van der Waals surface area contributed by atoms with Crippen LogP contribution < -0.4 is 0 Å². The Labute approximate surface area is 155 Å². The molecular formula is C21H27F3NSi+. The third-order valence-electron chi connectivity index (χ3n) is 5.27. The highest BCUT2D eigenvalue weighted by molar-refractivity contribution is 6.76. The first-order valence-corrected chi connectivity index (χ1v) is 12.8. The SMILES string of the molecule is C[N@+]1(C[Si](C)(C)C)Cc2ccccc2C[C@H]1c1ccc(C(F)(F)F)cc1. The highest BCUT2D eigenvalue weighted by Gasteiger charge is 2.42. The zero-order valence-corrected chi connectivity index (χ0v) is 16.9. The zero-order chi connectivity index (χ0) is 19.2. The maximum absolute atomic E-state index is 12.9. The minimum atomic E-state index is -4.28. The molecule has 0 bridgehead atoms. The Hall–Kier alpha value is -1.59. The largest absolute Gasteiger partial charge is 0.416 e. The Balaban J connectivity index is 2.01. The highest BCUT2D eigenvalue weighted by Crippen LogP contribution is 2.40. The number of quaternary nitrogens is 1. The van der Waals surface area contributed by atoms with Crippen LogP contribution in [-0.2, 0) is 19.1 Å². The fraction of sp³-hybridized carbons (Fsp3) is 0.429. The molecule has 140 valence electrons. The Kier molecular flexibility index (Phi) is 4.82. The summed E-state index contributed by atoms with van der Waals surface area (Å²) in [6.45, 7) is 8.02. The lowest BCUT2D eigenvalue weighted by Crippen LogP contribution is -2.56. The Morgan fingerprint density at radius 2 is 1.54 bits per heavy atom. The molecule has 2 atom stereocenters. The predicted molar refractivity (Wildman–Crippen MR) is 102 cm³/mol. The minimum absolute atomic E-state index is 0.193. The Morgan fingerprint density at radius 1 is 0.962 bits per heavy atom. The van der Waals surface area contributed by atoms with Crippen molar-refractivity contribution in [3.05, 3.63) is 70.8 Å². The average molecular weight is 379 g/mol. The van der Waals surface area contributed by atoms with E-state index in [1.807, 2.05) is 0 Å². The molecule has 26 heavy (non-hydrogen) atoms. The smallest absolute Gasteiger partial charge is 0.319 e. The van der Waals surface area contributed by atoms with Gasteiger partial charge in [0.25, 0.3) is 0 Å². The van der Waals surface area contributed by atoms with Gasteiger partial charge < -0.3 is 4.48 Å². The fourth-order valence-corrected chi connectivity index (χ4v) is 6.96. The summed E-state index contributed by atoms with van der Waals surface area (Å²) in [6.07, 6.45) is -2.30. The van der Waals surface area contributed by atoms with E-state index < -0.39 is 19.8 Å². The molecule has 1 heterocycles. The van der Waals surface area contributed by atoms with Gasteiger partial charge in [-0.2, -0.15) is 13.2 Å². The molecule has 0 aromatic heterocycles. The first-order valence-electron chi connectivity index (χ1n) is 9.06. The molecule has 0 saturated carbocycles. The second-order valence-corrected chi connectivity index (χ2v) is 14.4. The summed E-state index contributed by atoms with van der Waals surface area (Å²) in [5, 5.41) is 0. The van der Waals surface area contributed by atoms with Crippen molar-refractivity contribution in [2.45, 2.75) is 44.8 Å². The fourth-order valence-electron chi connectivity index (χ4n) is 4.46. The molecule has 0 N–H and O–H groups in total. The van der Waals surface area contributed by atoms with Gasteiger partial charge in [0, 0.05) is 17.5 Å². The predicted octanol–water partition coefficient (Wildman–Crippen LogP) is 5.83. The summed E-state index contributed by atoms with van der Waals surface area (Å²) in [4.78, 5) is 0. The highest BCUT2D eigenvalue weighted by atomic mass is 28.3. The molecular weight excluding hydrogens is 351 g/mol. The lowest BCUT2D eigenvalue weighted by atomic mass is 9.88. The van der Waals surface area contributed by atoms with Crippen LogP contribution in [0.15, 0.2) is 48.5 Å². The molecule has 0 spiro atoms. The van der Waals surface area contributed by atoms with Gasteiger partial charge in [-0.05, 0) is 17.7 Å². The first-order chi connectivity index (χ1) is 12.0. The molecule has 1 nitrogen and oxygen atoms in total. The molecule has 0 saturated heterocycles. The van der Waals surface area contributed by atoms with Gasteiger partial charge in [0.1, 0.15) is 20.7 Å². The van der Waals surface area contributed by atoms with Crippen molar-refractivity contribution in [2.75, 3.05) is 13.2 Å². The van der Waals surface area contributed by atoms with E-state index in [0.29, 0.717) is 0 Å². The van der Waals surface area contributed by atoms with Gasteiger partial charge in [-0.1, -0.05) is 56.0 Å². The van der Waals surface area contributed by atoms with Crippen molar-refractivity contribution in [3.8, 4) is 0 Å². The zero-order valence-electron chi connectivity index (χ0n) is 15.9. The summed E-state index contributed by atoms with van der Waals surface area (Å²) in [7, 11) is 0.913.